The average molecular weight is 373 g/mol. The Balaban J connectivity index is 1.71. The molecule has 24 heavy (non-hydrogen) atoms. The largest absolute Gasteiger partial charge is 0.368 e. The van der Waals surface area contributed by atoms with Crippen molar-refractivity contribution in [1.82, 2.24) is 9.21 Å². The molecule has 2 heterocycles. The summed E-state index contributed by atoms with van der Waals surface area (Å²) in [5, 5.41) is 0.217. The number of amides is 1. The van der Waals surface area contributed by atoms with Crippen LogP contribution >= 0.6 is 11.6 Å². The number of hydrogen-bond acceptors (Lipinski definition) is 4. The first-order chi connectivity index (χ1) is 11.5. The molecule has 2 aliphatic rings. The van der Waals surface area contributed by atoms with Crippen molar-refractivity contribution < 1.29 is 17.9 Å². The van der Waals surface area contributed by atoms with Gasteiger partial charge in [0, 0.05) is 32.8 Å². The Kier molecular flexibility index (Phi) is 5.44. The minimum Gasteiger partial charge on any atom is -0.368 e. The zero-order valence-electron chi connectivity index (χ0n) is 13.4. The molecule has 1 atom stereocenters. The smallest absolute Gasteiger partial charge is 0.251 e. The van der Waals surface area contributed by atoms with Crippen LogP contribution in [0, 0.1) is 0 Å². The van der Waals surface area contributed by atoms with Crippen LogP contribution in [0.15, 0.2) is 29.2 Å². The van der Waals surface area contributed by atoms with Gasteiger partial charge >= 0.3 is 0 Å². The molecule has 6 nitrogen and oxygen atoms in total. The third-order valence-corrected chi connectivity index (χ3v) is 6.82. The van der Waals surface area contributed by atoms with Gasteiger partial charge in [0.1, 0.15) is 11.0 Å². The molecule has 1 aromatic carbocycles. The number of sulfonamides is 1. The van der Waals surface area contributed by atoms with Gasteiger partial charge in [0.25, 0.3) is 5.91 Å². The third kappa shape index (κ3) is 3.59. The highest BCUT2D eigenvalue weighted by molar-refractivity contribution is 7.89. The molecule has 2 aliphatic heterocycles. The number of hydrogen-bond donors (Lipinski definition) is 0. The number of carbonyl (C=O) groups excluding carboxylic acids is 1. The number of ether oxygens (including phenoxy) is 1. The summed E-state index contributed by atoms with van der Waals surface area (Å²) >= 11 is 6.05. The fraction of sp³-hybridized carbons (Fsp3) is 0.562. The summed E-state index contributed by atoms with van der Waals surface area (Å²) in [6.07, 6.45) is 1.88. The summed E-state index contributed by atoms with van der Waals surface area (Å²) in [4.78, 5) is 14.3. The molecule has 0 N–H and O–H groups in total. The Bertz CT molecular complexity index is 704. The SMILES string of the molecule is O=C(C1CCCO1)N1CCCN(S(=O)(=O)c2ccccc2Cl)CC1. The predicted molar refractivity (Wildman–Crippen MR) is 90.4 cm³/mol. The maximum atomic E-state index is 12.8. The second-order valence-corrected chi connectivity index (χ2v) is 8.33. The summed E-state index contributed by atoms with van der Waals surface area (Å²) in [6, 6.07) is 6.44. The van der Waals surface area contributed by atoms with Crippen LogP contribution in [0.3, 0.4) is 0 Å². The van der Waals surface area contributed by atoms with E-state index in [0.29, 0.717) is 32.7 Å². The molecule has 0 aromatic heterocycles. The van der Waals surface area contributed by atoms with Crippen molar-refractivity contribution in [3.05, 3.63) is 29.3 Å². The monoisotopic (exact) mass is 372 g/mol. The second kappa shape index (κ2) is 7.39. The maximum absolute atomic E-state index is 12.8. The number of halogens is 1. The second-order valence-electron chi connectivity index (χ2n) is 6.02. The van der Waals surface area contributed by atoms with Crippen LogP contribution in [0.5, 0.6) is 0 Å². The molecule has 3 rings (SSSR count). The van der Waals surface area contributed by atoms with Gasteiger partial charge < -0.3 is 9.64 Å². The molecule has 0 spiro atoms. The first-order valence-corrected chi connectivity index (χ1v) is 9.97. The van der Waals surface area contributed by atoms with E-state index in [9.17, 15) is 13.2 Å². The van der Waals surface area contributed by atoms with Crippen molar-refractivity contribution in [3.8, 4) is 0 Å². The van der Waals surface area contributed by atoms with Gasteiger partial charge in [0.05, 0.1) is 5.02 Å². The molecule has 8 heteroatoms. The van der Waals surface area contributed by atoms with Crippen molar-refractivity contribution >= 4 is 27.5 Å². The molecule has 0 saturated carbocycles. The van der Waals surface area contributed by atoms with Gasteiger partial charge in [0.15, 0.2) is 0 Å². The van der Waals surface area contributed by atoms with Crippen molar-refractivity contribution in [2.75, 3.05) is 32.8 Å². The summed E-state index contributed by atoms with van der Waals surface area (Å²) < 4.78 is 32.5. The van der Waals surface area contributed by atoms with Crippen molar-refractivity contribution in [2.24, 2.45) is 0 Å². The highest BCUT2D eigenvalue weighted by Crippen LogP contribution is 2.25. The minimum absolute atomic E-state index is 0.0236. The van der Waals surface area contributed by atoms with Crippen LogP contribution in [0.1, 0.15) is 19.3 Å². The van der Waals surface area contributed by atoms with Gasteiger partial charge in [-0.05, 0) is 31.4 Å². The standard InChI is InChI=1S/C16H21ClN2O4S/c17-13-5-1-2-7-15(13)24(21,22)19-9-4-8-18(10-11-19)16(20)14-6-3-12-23-14/h1-2,5,7,14H,3-4,6,8-12H2. The molecule has 0 radical (unpaired) electrons. The molecular weight excluding hydrogens is 352 g/mol. The Labute approximate surface area is 147 Å². The van der Waals surface area contributed by atoms with Crippen molar-refractivity contribution in [2.45, 2.75) is 30.3 Å². The highest BCUT2D eigenvalue weighted by atomic mass is 35.5. The Hall–Kier alpha value is -1.15. The highest BCUT2D eigenvalue weighted by Gasteiger charge is 2.32. The van der Waals surface area contributed by atoms with Crippen LogP contribution in [-0.4, -0.2) is 62.4 Å². The van der Waals surface area contributed by atoms with E-state index in [2.05, 4.69) is 0 Å². The van der Waals surface area contributed by atoms with Crippen LogP contribution in [0.2, 0.25) is 5.02 Å². The van der Waals surface area contributed by atoms with Gasteiger partial charge in [0.2, 0.25) is 10.0 Å². The molecule has 1 aromatic rings. The molecule has 2 saturated heterocycles. The average Bonchev–Trinajstić information content (AvgIpc) is 2.98. The summed E-state index contributed by atoms with van der Waals surface area (Å²) in [6.45, 7) is 2.20. The Morgan fingerprint density at radius 1 is 1.12 bits per heavy atom. The van der Waals surface area contributed by atoms with Crippen molar-refractivity contribution in [1.29, 1.82) is 0 Å². The van der Waals surface area contributed by atoms with Gasteiger partial charge in [-0.25, -0.2) is 8.42 Å². The molecular formula is C16H21ClN2O4S. The van der Waals surface area contributed by atoms with Crippen LogP contribution in [-0.2, 0) is 19.6 Å². The van der Waals surface area contributed by atoms with Crippen LogP contribution in [0.25, 0.3) is 0 Å². The zero-order valence-corrected chi connectivity index (χ0v) is 14.9. The van der Waals surface area contributed by atoms with E-state index in [1.54, 1.807) is 23.1 Å². The number of benzene rings is 1. The van der Waals surface area contributed by atoms with Crippen molar-refractivity contribution in [3.63, 3.8) is 0 Å². The lowest BCUT2D eigenvalue weighted by atomic mass is 10.2. The van der Waals surface area contributed by atoms with E-state index in [1.165, 1.54) is 10.4 Å². The third-order valence-electron chi connectivity index (χ3n) is 4.43. The lowest BCUT2D eigenvalue weighted by molar-refractivity contribution is -0.140. The number of carbonyl (C=O) groups is 1. The van der Waals surface area contributed by atoms with E-state index in [4.69, 9.17) is 16.3 Å². The molecule has 132 valence electrons. The van der Waals surface area contributed by atoms with E-state index >= 15 is 0 Å². The zero-order chi connectivity index (χ0) is 17.2. The summed E-state index contributed by atoms with van der Waals surface area (Å²) in [5.41, 5.74) is 0. The molecule has 1 unspecified atom stereocenters. The summed E-state index contributed by atoms with van der Waals surface area (Å²) in [5.74, 6) is -0.0236. The quantitative estimate of drug-likeness (QED) is 0.810. The van der Waals surface area contributed by atoms with Gasteiger partial charge in [-0.1, -0.05) is 23.7 Å². The summed E-state index contributed by atoms with van der Waals surface area (Å²) in [7, 11) is -3.65. The normalized spacial score (nSPS) is 23.2. The molecule has 2 fully saturated rings. The first-order valence-electron chi connectivity index (χ1n) is 8.15. The minimum atomic E-state index is -3.65. The van der Waals surface area contributed by atoms with Crippen LogP contribution in [0.4, 0.5) is 0 Å². The van der Waals surface area contributed by atoms with E-state index < -0.39 is 10.0 Å². The Morgan fingerprint density at radius 2 is 1.92 bits per heavy atom. The van der Waals surface area contributed by atoms with E-state index in [-0.39, 0.29) is 28.5 Å². The fourth-order valence-corrected chi connectivity index (χ4v) is 5.09. The fourth-order valence-electron chi connectivity index (χ4n) is 3.12. The first kappa shape index (κ1) is 17.7. The van der Waals surface area contributed by atoms with E-state index in [0.717, 1.165) is 12.8 Å². The van der Waals surface area contributed by atoms with Crippen LogP contribution < -0.4 is 0 Å². The lowest BCUT2D eigenvalue weighted by Crippen LogP contribution is -2.41. The predicted octanol–water partition coefficient (Wildman–Crippen LogP) is 1.74. The number of rotatable bonds is 3. The number of nitrogens with zero attached hydrogens (tertiary/aromatic N) is 2. The maximum Gasteiger partial charge on any atom is 0.251 e. The molecule has 1 amide bonds. The van der Waals surface area contributed by atoms with E-state index in [1.807, 2.05) is 0 Å². The lowest BCUT2D eigenvalue weighted by Gasteiger charge is -2.24. The molecule has 0 bridgehead atoms. The molecule has 0 aliphatic carbocycles. The van der Waals surface area contributed by atoms with Gasteiger partial charge in [-0.2, -0.15) is 4.31 Å². The van der Waals surface area contributed by atoms with Gasteiger partial charge in [-0.15, -0.1) is 0 Å². The Morgan fingerprint density at radius 3 is 2.62 bits per heavy atom. The van der Waals surface area contributed by atoms with Gasteiger partial charge in [-0.3, -0.25) is 4.79 Å². The topological polar surface area (TPSA) is 66.9 Å².